The smallest absolute Gasteiger partial charge is 0.410 e. The molecule has 1 N–H and O–H groups in total. The van der Waals surface area contributed by atoms with Crippen LogP contribution in [0.4, 0.5) is 4.79 Å². The maximum absolute atomic E-state index is 11.5. The molecular weight excluding hydrogens is 224 g/mol. The van der Waals surface area contributed by atoms with Crippen LogP contribution in [0.15, 0.2) is 0 Å². The quantitative estimate of drug-likeness (QED) is 0.771. The number of cyclic esters (lactones) is 1. The fourth-order valence-electron chi connectivity index (χ4n) is 2.56. The topological polar surface area (TPSA) is 70.1 Å². The molecule has 2 aliphatic rings. The first-order valence-electron chi connectivity index (χ1n) is 6.04. The Balaban J connectivity index is 1.91. The molecule has 0 radical (unpaired) electrons. The average molecular weight is 242 g/mol. The van der Waals surface area contributed by atoms with E-state index in [4.69, 9.17) is 9.84 Å². The highest BCUT2D eigenvalue weighted by Gasteiger charge is 2.38. The van der Waals surface area contributed by atoms with E-state index in [1.165, 1.54) is 4.90 Å². The van der Waals surface area contributed by atoms with Crippen LogP contribution in [-0.2, 0) is 9.53 Å². The van der Waals surface area contributed by atoms with Gasteiger partial charge in [-0.05, 0) is 25.9 Å². The number of carboxylic acids is 1. The first-order chi connectivity index (χ1) is 8.11. The lowest BCUT2D eigenvalue weighted by molar-refractivity contribution is -0.144. The van der Waals surface area contributed by atoms with Gasteiger partial charge >= 0.3 is 12.1 Å². The third-order valence-electron chi connectivity index (χ3n) is 3.50. The van der Waals surface area contributed by atoms with Gasteiger partial charge in [0, 0.05) is 12.6 Å². The summed E-state index contributed by atoms with van der Waals surface area (Å²) in [4.78, 5) is 26.1. The van der Waals surface area contributed by atoms with Gasteiger partial charge in [0.2, 0.25) is 6.10 Å². The fourth-order valence-corrected chi connectivity index (χ4v) is 2.56. The van der Waals surface area contributed by atoms with Crippen molar-refractivity contribution in [3.63, 3.8) is 0 Å². The number of likely N-dealkylation sites (N-methyl/N-ethyl adjacent to an activating group) is 1. The number of carbonyl (C=O) groups excluding carboxylic acids is 1. The molecule has 17 heavy (non-hydrogen) atoms. The van der Waals surface area contributed by atoms with Crippen molar-refractivity contribution in [1.29, 1.82) is 0 Å². The van der Waals surface area contributed by atoms with Gasteiger partial charge in [0.05, 0.1) is 6.54 Å². The zero-order chi connectivity index (χ0) is 12.4. The minimum absolute atomic E-state index is 0.169. The van der Waals surface area contributed by atoms with Crippen molar-refractivity contribution in [1.82, 2.24) is 9.80 Å². The molecule has 2 heterocycles. The number of carbonyl (C=O) groups is 2. The summed E-state index contributed by atoms with van der Waals surface area (Å²) in [5.74, 6) is -1.07. The molecule has 0 aromatic carbocycles. The van der Waals surface area contributed by atoms with Crippen LogP contribution in [-0.4, -0.2) is 65.3 Å². The third kappa shape index (κ3) is 2.52. The van der Waals surface area contributed by atoms with Crippen LogP contribution in [0.3, 0.4) is 0 Å². The Kier molecular flexibility index (Phi) is 3.51. The number of rotatable bonds is 4. The number of aliphatic carboxylic acids is 1. The van der Waals surface area contributed by atoms with Crippen molar-refractivity contribution in [2.45, 2.75) is 31.9 Å². The second kappa shape index (κ2) is 4.91. The normalized spacial score (nSPS) is 29.7. The molecule has 1 unspecified atom stereocenters. The Hall–Kier alpha value is -1.30. The highest BCUT2D eigenvalue weighted by atomic mass is 16.6. The van der Waals surface area contributed by atoms with Crippen LogP contribution >= 0.6 is 0 Å². The van der Waals surface area contributed by atoms with E-state index in [0.717, 1.165) is 25.9 Å². The molecule has 2 fully saturated rings. The van der Waals surface area contributed by atoms with Crippen molar-refractivity contribution in [2.24, 2.45) is 0 Å². The summed E-state index contributed by atoms with van der Waals surface area (Å²) in [6.07, 6.45) is 0.707. The van der Waals surface area contributed by atoms with Gasteiger partial charge in [-0.3, -0.25) is 4.90 Å². The van der Waals surface area contributed by atoms with E-state index < -0.39 is 18.2 Å². The molecule has 2 saturated heterocycles. The van der Waals surface area contributed by atoms with Crippen LogP contribution in [0.2, 0.25) is 0 Å². The van der Waals surface area contributed by atoms with Gasteiger partial charge in [-0.1, -0.05) is 6.92 Å². The molecule has 0 bridgehead atoms. The number of carboxylic acid groups (broad SMARTS) is 1. The van der Waals surface area contributed by atoms with Crippen LogP contribution in [0.1, 0.15) is 19.8 Å². The van der Waals surface area contributed by atoms with Crippen molar-refractivity contribution < 1.29 is 19.4 Å². The molecule has 6 nitrogen and oxygen atoms in total. The monoisotopic (exact) mass is 242 g/mol. The van der Waals surface area contributed by atoms with E-state index >= 15 is 0 Å². The third-order valence-corrected chi connectivity index (χ3v) is 3.50. The minimum atomic E-state index is -1.07. The standard InChI is InChI=1S/C11H18N2O4/c1-2-12-5-3-4-8(12)6-13-7-9(10(14)15)17-11(13)16/h8-9H,2-7H2,1H3,(H,14,15)/t8?,9-/m1/s1. The van der Waals surface area contributed by atoms with Crippen molar-refractivity contribution in [3.05, 3.63) is 0 Å². The zero-order valence-electron chi connectivity index (χ0n) is 9.96. The molecule has 0 spiro atoms. The Morgan fingerprint density at radius 1 is 1.59 bits per heavy atom. The van der Waals surface area contributed by atoms with E-state index in [-0.39, 0.29) is 6.54 Å². The maximum atomic E-state index is 11.5. The first-order valence-corrected chi connectivity index (χ1v) is 6.04. The molecular formula is C11H18N2O4. The molecule has 2 aliphatic heterocycles. The summed E-state index contributed by atoms with van der Waals surface area (Å²) in [5, 5.41) is 8.79. The van der Waals surface area contributed by atoms with Gasteiger partial charge in [0.15, 0.2) is 0 Å². The number of likely N-dealkylation sites (tertiary alicyclic amines) is 1. The number of amides is 1. The first kappa shape index (κ1) is 12.2. The van der Waals surface area contributed by atoms with E-state index in [2.05, 4.69) is 11.8 Å². The van der Waals surface area contributed by atoms with Gasteiger partial charge in [0.25, 0.3) is 0 Å². The molecule has 1 amide bonds. The molecule has 2 rings (SSSR count). The summed E-state index contributed by atoms with van der Waals surface area (Å²) in [7, 11) is 0. The molecule has 0 aromatic heterocycles. The number of ether oxygens (including phenoxy) is 1. The minimum Gasteiger partial charge on any atom is -0.478 e. The Labute approximate surface area is 100 Å². The SMILES string of the molecule is CCN1CCCC1CN1C[C@H](C(=O)O)OC1=O. The van der Waals surface area contributed by atoms with E-state index in [1.54, 1.807) is 0 Å². The second-order valence-electron chi connectivity index (χ2n) is 4.54. The van der Waals surface area contributed by atoms with E-state index in [1.807, 2.05) is 0 Å². The largest absolute Gasteiger partial charge is 0.478 e. The number of hydrogen-bond acceptors (Lipinski definition) is 4. The predicted octanol–water partition coefficient (Wildman–Crippen LogP) is 0.376. The van der Waals surface area contributed by atoms with Crippen molar-refractivity contribution in [2.75, 3.05) is 26.2 Å². The summed E-state index contributed by atoms with van der Waals surface area (Å²) in [6, 6.07) is 0.347. The summed E-state index contributed by atoms with van der Waals surface area (Å²) in [5.41, 5.74) is 0. The van der Waals surface area contributed by atoms with Crippen LogP contribution in [0.25, 0.3) is 0 Å². The summed E-state index contributed by atoms with van der Waals surface area (Å²) in [6.45, 7) is 4.88. The maximum Gasteiger partial charge on any atom is 0.410 e. The second-order valence-corrected chi connectivity index (χ2v) is 4.54. The lowest BCUT2D eigenvalue weighted by atomic mass is 10.2. The summed E-state index contributed by atoms with van der Waals surface area (Å²) < 4.78 is 4.78. The predicted molar refractivity (Wildman–Crippen MR) is 59.7 cm³/mol. The molecule has 6 heteroatoms. The average Bonchev–Trinajstić information content (AvgIpc) is 2.87. The van der Waals surface area contributed by atoms with Crippen LogP contribution in [0, 0.1) is 0 Å². The van der Waals surface area contributed by atoms with Gasteiger partial charge in [0.1, 0.15) is 0 Å². The Morgan fingerprint density at radius 2 is 2.35 bits per heavy atom. The molecule has 2 atom stereocenters. The number of hydrogen-bond donors (Lipinski definition) is 1. The van der Waals surface area contributed by atoms with Crippen LogP contribution < -0.4 is 0 Å². The van der Waals surface area contributed by atoms with Gasteiger partial charge in [-0.25, -0.2) is 9.59 Å². The number of nitrogens with zero attached hydrogens (tertiary/aromatic N) is 2. The molecule has 96 valence electrons. The lowest BCUT2D eigenvalue weighted by Crippen LogP contribution is -2.41. The molecule has 0 aliphatic carbocycles. The highest BCUT2D eigenvalue weighted by molar-refractivity contribution is 5.81. The fraction of sp³-hybridized carbons (Fsp3) is 0.818. The van der Waals surface area contributed by atoms with Crippen molar-refractivity contribution >= 4 is 12.1 Å². The highest BCUT2D eigenvalue weighted by Crippen LogP contribution is 2.20. The van der Waals surface area contributed by atoms with Gasteiger partial charge in [-0.15, -0.1) is 0 Å². The van der Waals surface area contributed by atoms with Gasteiger partial charge in [-0.2, -0.15) is 0 Å². The zero-order valence-corrected chi connectivity index (χ0v) is 9.96. The molecule has 0 saturated carbocycles. The van der Waals surface area contributed by atoms with Crippen molar-refractivity contribution in [3.8, 4) is 0 Å². The molecule has 0 aromatic rings. The van der Waals surface area contributed by atoms with E-state index in [0.29, 0.717) is 12.6 Å². The van der Waals surface area contributed by atoms with E-state index in [9.17, 15) is 9.59 Å². The van der Waals surface area contributed by atoms with Gasteiger partial charge < -0.3 is 14.7 Å². The summed E-state index contributed by atoms with van der Waals surface area (Å²) >= 11 is 0. The lowest BCUT2D eigenvalue weighted by Gasteiger charge is -2.26. The Bertz CT molecular complexity index is 321. The Morgan fingerprint density at radius 3 is 2.94 bits per heavy atom. The van der Waals surface area contributed by atoms with Crippen LogP contribution in [0.5, 0.6) is 0 Å².